The zero-order valence-electron chi connectivity index (χ0n) is 19.3. The van der Waals surface area contributed by atoms with E-state index in [1.165, 1.54) is 37.7 Å². The number of aryl methyl sites for hydroxylation is 2. The van der Waals surface area contributed by atoms with Crippen molar-refractivity contribution in [3.05, 3.63) is 86.4 Å². The normalized spacial score (nSPS) is 13.0. The first kappa shape index (κ1) is 24.1. The number of benzene rings is 1. The standard InChI is InChI=1S/C23H22ClFN6O4/c1-11-7-17(31(4)29-11)18(15-8-13(25)5-6-16(15)24)12(2)21-28-19(20(32)23(34)30(21)3)22(33)27-14-9-26-35-10-14/h5-10,12,18,32H,1-4H3,(H,27,33)/t12-,18+/m1/s1. The summed E-state index contributed by atoms with van der Waals surface area (Å²) in [6.45, 7) is 3.59. The minimum Gasteiger partial charge on any atom is -0.501 e. The van der Waals surface area contributed by atoms with E-state index in [4.69, 9.17) is 11.6 Å². The molecular formula is C23H22ClFN6O4. The number of carbonyl (C=O) groups excluding carboxylic acids is 1. The first-order chi connectivity index (χ1) is 16.6. The largest absolute Gasteiger partial charge is 0.501 e. The van der Waals surface area contributed by atoms with Crippen LogP contribution in [0.1, 0.15) is 52.0 Å². The van der Waals surface area contributed by atoms with Gasteiger partial charge in [0.15, 0.2) is 5.69 Å². The van der Waals surface area contributed by atoms with Crippen molar-refractivity contribution in [3.8, 4) is 5.75 Å². The minimum atomic E-state index is -0.825. The molecule has 0 aliphatic rings. The van der Waals surface area contributed by atoms with E-state index in [1.807, 2.05) is 13.0 Å². The second kappa shape index (κ2) is 9.34. The van der Waals surface area contributed by atoms with Gasteiger partial charge < -0.3 is 14.9 Å². The predicted molar refractivity (Wildman–Crippen MR) is 125 cm³/mol. The number of aromatic nitrogens is 5. The molecule has 12 heteroatoms. The van der Waals surface area contributed by atoms with Gasteiger partial charge in [0.25, 0.3) is 11.5 Å². The fourth-order valence-electron chi connectivity index (χ4n) is 4.14. The fourth-order valence-corrected chi connectivity index (χ4v) is 4.37. The van der Waals surface area contributed by atoms with Crippen molar-refractivity contribution in [1.82, 2.24) is 24.5 Å². The van der Waals surface area contributed by atoms with Crippen LogP contribution < -0.4 is 10.9 Å². The maximum absolute atomic E-state index is 14.3. The Morgan fingerprint density at radius 2 is 2.03 bits per heavy atom. The van der Waals surface area contributed by atoms with Gasteiger partial charge in [-0.1, -0.05) is 23.7 Å². The molecule has 3 heterocycles. The number of nitrogens with one attached hydrogen (secondary N) is 1. The summed E-state index contributed by atoms with van der Waals surface area (Å²) in [5.74, 6) is -3.15. The molecule has 0 saturated heterocycles. The molecule has 0 radical (unpaired) electrons. The Labute approximate surface area is 204 Å². The molecule has 4 aromatic rings. The smallest absolute Gasteiger partial charge is 0.296 e. The average Bonchev–Trinajstić information content (AvgIpc) is 3.43. The van der Waals surface area contributed by atoms with Crippen LogP contribution in [0.3, 0.4) is 0 Å². The van der Waals surface area contributed by atoms with Gasteiger partial charge in [0.05, 0.1) is 11.9 Å². The molecule has 2 N–H and O–H groups in total. The van der Waals surface area contributed by atoms with Crippen LogP contribution in [0.4, 0.5) is 10.1 Å². The van der Waals surface area contributed by atoms with Gasteiger partial charge in [-0.25, -0.2) is 9.37 Å². The van der Waals surface area contributed by atoms with Gasteiger partial charge in [0, 0.05) is 36.6 Å². The molecule has 35 heavy (non-hydrogen) atoms. The number of hydrogen-bond acceptors (Lipinski definition) is 7. The highest BCUT2D eigenvalue weighted by molar-refractivity contribution is 6.31. The maximum atomic E-state index is 14.3. The van der Waals surface area contributed by atoms with E-state index in [9.17, 15) is 19.1 Å². The fraction of sp³-hybridized carbons (Fsp3) is 0.261. The Morgan fingerprint density at radius 1 is 1.29 bits per heavy atom. The average molecular weight is 501 g/mol. The monoisotopic (exact) mass is 500 g/mol. The van der Waals surface area contributed by atoms with Crippen molar-refractivity contribution in [2.45, 2.75) is 25.7 Å². The van der Waals surface area contributed by atoms with Crippen LogP contribution in [0, 0.1) is 12.7 Å². The molecule has 2 atom stereocenters. The maximum Gasteiger partial charge on any atom is 0.296 e. The van der Waals surface area contributed by atoms with Crippen LogP contribution in [0.5, 0.6) is 5.75 Å². The Hall–Kier alpha value is -3.99. The third-order valence-corrected chi connectivity index (χ3v) is 6.11. The zero-order valence-corrected chi connectivity index (χ0v) is 20.0. The second-order valence-electron chi connectivity index (χ2n) is 8.16. The van der Waals surface area contributed by atoms with Gasteiger partial charge in [-0.05, 0) is 36.8 Å². The summed E-state index contributed by atoms with van der Waals surface area (Å²) in [5, 5.41) is 21.1. The molecule has 0 spiro atoms. The summed E-state index contributed by atoms with van der Waals surface area (Å²) in [4.78, 5) is 30.0. The molecule has 10 nitrogen and oxygen atoms in total. The first-order valence-corrected chi connectivity index (χ1v) is 10.9. The second-order valence-corrected chi connectivity index (χ2v) is 8.57. The summed E-state index contributed by atoms with van der Waals surface area (Å²) in [5.41, 5.74) is 0.819. The molecule has 3 aromatic heterocycles. The van der Waals surface area contributed by atoms with Gasteiger partial charge in [-0.2, -0.15) is 5.10 Å². The summed E-state index contributed by atoms with van der Waals surface area (Å²) in [6, 6.07) is 5.87. The van der Waals surface area contributed by atoms with Crippen LogP contribution in [-0.4, -0.2) is 35.5 Å². The molecule has 0 bridgehead atoms. The lowest BCUT2D eigenvalue weighted by molar-refractivity contribution is 0.101. The summed E-state index contributed by atoms with van der Waals surface area (Å²) < 4.78 is 21.8. The Morgan fingerprint density at radius 3 is 2.66 bits per heavy atom. The van der Waals surface area contributed by atoms with E-state index in [1.54, 1.807) is 18.7 Å². The number of aromatic hydroxyl groups is 1. The summed E-state index contributed by atoms with van der Waals surface area (Å²) >= 11 is 6.48. The lowest BCUT2D eigenvalue weighted by Crippen LogP contribution is -2.30. The Kier molecular flexibility index (Phi) is 6.44. The van der Waals surface area contributed by atoms with Gasteiger partial charge in [-0.15, -0.1) is 0 Å². The van der Waals surface area contributed by atoms with E-state index in [0.717, 1.165) is 10.3 Å². The SMILES string of the molecule is Cc1cc([C@H](c2cc(F)ccc2Cl)[C@@H](C)c2nc(C(=O)Nc3cnoc3)c(O)c(=O)n2C)n(C)n1. The van der Waals surface area contributed by atoms with Crippen molar-refractivity contribution in [2.24, 2.45) is 14.1 Å². The van der Waals surface area contributed by atoms with Crippen molar-refractivity contribution in [2.75, 3.05) is 5.32 Å². The van der Waals surface area contributed by atoms with Gasteiger partial charge in [0.1, 0.15) is 23.6 Å². The van der Waals surface area contributed by atoms with E-state index in [0.29, 0.717) is 16.3 Å². The zero-order chi connectivity index (χ0) is 25.4. The van der Waals surface area contributed by atoms with E-state index in [2.05, 4.69) is 25.1 Å². The number of anilines is 1. The first-order valence-electron chi connectivity index (χ1n) is 10.5. The molecule has 0 fully saturated rings. The lowest BCUT2D eigenvalue weighted by atomic mass is 9.83. The Balaban J connectivity index is 1.88. The molecule has 4 rings (SSSR count). The van der Waals surface area contributed by atoms with Gasteiger partial charge >= 0.3 is 0 Å². The molecule has 0 saturated carbocycles. The number of halogens is 2. The number of amides is 1. The highest BCUT2D eigenvalue weighted by Gasteiger charge is 2.32. The highest BCUT2D eigenvalue weighted by atomic mass is 35.5. The molecule has 1 amide bonds. The van der Waals surface area contributed by atoms with Gasteiger partial charge in [0.2, 0.25) is 5.75 Å². The number of carbonyl (C=O) groups is 1. The van der Waals surface area contributed by atoms with Crippen LogP contribution in [0.25, 0.3) is 0 Å². The molecular weight excluding hydrogens is 479 g/mol. The van der Waals surface area contributed by atoms with Crippen LogP contribution in [-0.2, 0) is 14.1 Å². The topological polar surface area (TPSA) is 128 Å². The minimum absolute atomic E-state index is 0.174. The highest BCUT2D eigenvalue weighted by Crippen LogP contribution is 2.41. The van der Waals surface area contributed by atoms with Gasteiger partial charge in [-0.3, -0.25) is 18.8 Å². The lowest BCUT2D eigenvalue weighted by Gasteiger charge is -2.27. The van der Waals surface area contributed by atoms with Crippen molar-refractivity contribution >= 4 is 23.2 Å². The van der Waals surface area contributed by atoms with Crippen molar-refractivity contribution < 1.29 is 18.8 Å². The molecule has 182 valence electrons. The third-order valence-electron chi connectivity index (χ3n) is 5.76. The van der Waals surface area contributed by atoms with Crippen LogP contribution >= 0.6 is 11.6 Å². The number of hydrogen-bond donors (Lipinski definition) is 2. The van der Waals surface area contributed by atoms with E-state index >= 15 is 0 Å². The van der Waals surface area contributed by atoms with Crippen molar-refractivity contribution in [3.63, 3.8) is 0 Å². The van der Waals surface area contributed by atoms with Crippen LogP contribution in [0.2, 0.25) is 5.02 Å². The van der Waals surface area contributed by atoms with E-state index < -0.39 is 40.6 Å². The Bertz CT molecular complexity index is 1460. The third kappa shape index (κ3) is 4.54. The molecule has 1 aromatic carbocycles. The van der Waals surface area contributed by atoms with E-state index in [-0.39, 0.29) is 11.5 Å². The number of rotatable bonds is 6. The summed E-state index contributed by atoms with van der Waals surface area (Å²) in [6.07, 6.45) is 2.44. The molecule has 0 aliphatic carbocycles. The number of nitrogens with zero attached hydrogens (tertiary/aromatic N) is 5. The molecule has 0 aliphatic heterocycles. The van der Waals surface area contributed by atoms with Crippen molar-refractivity contribution in [1.29, 1.82) is 0 Å². The molecule has 0 unspecified atom stereocenters. The quantitative estimate of drug-likeness (QED) is 0.414. The predicted octanol–water partition coefficient (Wildman–Crippen LogP) is 3.50. The summed E-state index contributed by atoms with van der Waals surface area (Å²) in [7, 11) is 3.18. The van der Waals surface area contributed by atoms with Crippen LogP contribution in [0.15, 0.2) is 46.0 Å².